The summed E-state index contributed by atoms with van der Waals surface area (Å²) in [6, 6.07) is 0. The maximum Gasteiger partial charge on any atom is 0.304 e. The molecule has 0 spiro atoms. The first kappa shape index (κ1) is 41.8. The standard InChI is InChI=1S/C39H78O2S/c1-3-5-7-9-11-13-15-17-19-21-23-25-27-29-31-33-35-39(42,37-38(40)41)36-34-32-30-28-26-24-22-20-18-16-14-12-10-8-6-4-2/h42H,3-37H2,1-2H3,(H,40,41). The fourth-order valence-electron chi connectivity index (χ4n) is 6.59. The molecule has 3 heteroatoms. The predicted molar refractivity (Wildman–Crippen MR) is 192 cm³/mol. The van der Waals surface area contributed by atoms with Crippen molar-refractivity contribution in [1.82, 2.24) is 0 Å². The van der Waals surface area contributed by atoms with E-state index in [9.17, 15) is 9.90 Å². The molecule has 0 aromatic heterocycles. The van der Waals surface area contributed by atoms with Gasteiger partial charge in [-0.2, -0.15) is 12.6 Å². The normalized spacial score (nSPS) is 11.9. The largest absolute Gasteiger partial charge is 0.481 e. The van der Waals surface area contributed by atoms with Crippen molar-refractivity contribution >= 4 is 18.6 Å². The van der Waals surface area contributed by atoms with E-state index in [1.54, 1.807) is 0 Å². The van der Waals surface area contributed by atoms with Crippen LogP contribution in [0.3, 0.4) is 0 Å². The second-order valence-electron chi connectivity index (χ2n) is 13.9. The van der Waals surface area contributed by atoms with Gasteiger partial charge in [-0.15, -0.1) is 0 Å². The Balaban J connectivity index is 3.60. The smallest absolute Gasteiger partial charge is 0.304 e. The lowest BCUT2D eigenvalue weighted by atomic mass is 9.90. The quantitative estimate of drug-likeness (QED) is 0.0547. The Morgan fingerprint density at radius 3 is 0.786 bits per heavy atom. The monoisotopic (exact) mass is 611 g/mol. The van der Waals surface area contributed by atoms with Gasteiger partial charge in [0.25, 0.3) is 0 Å². The summed E-state index contributed by atoms with van der Waals surface area (Å²) in [6.45, 7) is 4.58. The van der Waals surface area contributed by atoms with Crippen LogP contribution in [0.25, 0.3) is 0 Å². The second-order valence-corrected chi connectivity index (χ2v) is 14.9. The van der Waals surface area contributed by atoms with Gasteiger partial charge in [-0.1, -0.05) is 219 Å². The molecule has 0 heterocycles. The lowest BCUT2D eigenvalue weighted by molar-refractivity contribution is -0.137. The van der Waals surface area contributed by atoms with Crippen LogP contribution in [0.2, 0.25) is 0 Å². The SMILES string of the molecule is CCCCCCCCCCCCCCCCCCC(S)(CCCCCCCCCCCCCCCCCC)CC(=O)O. The van der Waals surface area contributed by atoms with Crippen LogP contribution in [0.1, 0.15) is 239 Å². The number of unbranched alkanes of at least 4 members (excludes halogenated alkanes) is 30. The first-order valence-electron chi connectivity index (χ1n) is 19.5. The summed E-state index contributed by atoms with van der Waals surface area (Å²) in [5.74, 6) is -0.682. The Bertz CT molecular complexity index is 498. The molecule has 0 aliphatic heterocycles. The van der Waals surface area contributed by atoms with Crippen molar-refractivity contribution < 1.29 is 9.90 Å². The zero-order valence-corrected chi connectivity index (χ0v) is 29.9. The minimum Gasteiger partial charge on any atom is -0.481 e. The van der Waals surface area contributed by atoms with Crippen LogP contribution in [0, 0.1) is 0 Å². The molecule has 1 N–H and O–H groups in total. The minimum atomic E-state index is -0.682. The molecule has 2 nitrogen and oxygen atoms in total. The summed E-state index contributed by atoms with van der Waals surface area (Å²) in [7, 11) is 0. The maximum absolute atomic E-state index is 11.5. The first-order valence-corrected chi connectivity index (χ1v) is 19.9. The number of thiol groups is 1. The first-order chi connectivity index (χ1) is 20.5. The Morgan fingerprint density at radius 1 is 0.405 bits per heavy atom. The van der Waals surface area contributed by atoms with E-state index in [-0.39, 0.29) is 11.2 Å². The molecule has 252 valence electrons. The highest BCUT2D eigenvalue weighted by molar-refractivity contribution is 7.81. The number of carboxylic acid groups (broad SMARTS) is 1. The molecule has 0 unspecified atom stereocenters. The van der Waals surface area contributed by atoms with E-state index < -0.39 is 5.97 Å². The minimum absolute atomic E-state index is 0.216. The van der Waals surface area contributed by atoms with E-state index in [4.69, 9.17) is 12.6 Å². The highest BCUT2D eigenvalue weighted by Gasteiger charge is 2.27. The molecule has 0 aliphatic carbocycles. The van der Waals surface area contributed by atoms with Crippen molar-refractivity contribution in [3.8, 4) is 0 Å². The molecule has 0 atom stereocenters. The van der Waals surface area contributed by atoms with Gasteiger partial charge >= 0.3 is 5.97 Å². The molecule has 0 aliphatic rings. The van der Waals surface area contributed by atoms with E-state index in [0.29, 0.717) is 0 Å². The molecule has 0 saturated carbocycles. The van der Waals surface area contributed by atoms with Gasteiger partial charge in [0.1, 0.15) is 0 Å². The van der Waals surface area contributed by atoms with Crippen LogP contribution >= 0.6 is 12.6 Å². The van der Waals surface area contributed by atoms with Crippen molar-refractivity contribution in [1.29, 1.82) is 0 Å². The number of carboxylic acids is 1. The van der Waals surface area contributed by atoms with E-state index in [0.717, 1.165) is 25.7 Å². The van der Waals surface area contributed by atoms with Crippen molar-refractivity contribution in [3.63, 3.8) is 0 Å². The average Bonchev–Trinajstić information content (AvgIpc) is 2.96. The number of carbonyl (C=O) groups is 1. The van der Waals surface area contributed by atoms with Gasteiger partial charge in [0.2, 0.25) is 0 Å². The molecule has 0 aromatic carbocycles. The number of hydrogen-bond donors (Lipinski definition) is 2. The lowest BCUT2D eigenvalue weighted by Crippen LogP contribution is -2.25. The van der Waals surface area contributed by atoms with Crippen LogP contribution in [0.5, 0.6) is 0 Å². The van der Waals surface area contributed by atoms with Gasteiger partial charge in [0, 0.05) is 4.75 Å². The molecule has 0 amide bonds. The molecule has 0 rings (SSSR count). The Labute approximate surface area is 271 Å². The zero-order valence-electron chi connectivity index (χ0n) is 29.1. The Hall–Kier alpha value is -0.180. The summed E-state index contributed by atoms with van der Waals surface area (Å²) in [6.07, 6.45) is 46.1. The summed E-state index contributed by atoms with van der Waals surface area (Å²) in [5, 5.41) is 9.47. The Morgan fingerprint density at radius 2 is 0.595 bits per heavy atom. The third-order valence-corrected chi connectivity index (χ3v) is 10.1. The molecule has 0 fully saturated rings. The summed E-state index contributed by atoms with van der Waals surface area (Å²) < 4.78 is -0.308. The number of aliphatic carboxylic acids is 1. The maximum atomic E-state index is 11.5. The molecule has 0 saturated heterocycles. The fourth-order valence-corrected chi connectivity index (χ4v) is 7.04. The highest BCUT2D eigenvalue weighted by Crippen LogP contribution is 2.33. The average molecular weight is 611 g/mol. The van der Waals surface area contributed by atoms with E-state index in [2.05, 4.69) is 13.8 Å². The highest BCUT2D eigenvalue weighted by atomic mass is 32.1. The summed E-state index contributed by atoms with van der Waals surface area (Å²) in [4.78, 5) is 11.5. The molecular formula is C39H78O2S. The van der Waals surface area contributed by atoms with Gasteiger partial charge in [-0.3, -0.25) is 4.79 Å². The number of rotatable bonds is 36. The van der Waals surface area contributed by atoms with Crippen molar-refractivity contribution in [2.75, 3.05) is 0 Å². The van der Waals surface area contributed by atoms with Crippen LogP contribution in [-0.2, 0) is 4.79 Å². The van der Waals surface area contributed by atoms with Crippen LogP contribution < -0.4 is 0 Å². The van der Waals surface area contributed by atoms with E-state index in [1.807, 2.05) is 0 Å². The van der Waals surface area contributed by atoms with Crippen LogP contribution in [0.15, 0.2) is 0 Å². The lowest BCUT2D eigenvalue weighted by Gasteiger charge is -2.27. The molecule has 42 heavy (non-hydrogen) atoms. The van der Waals surface area contributed by atoms with Crippen molar-refractivity contribution in [2.45, 2.75) is 243 Å². The van der Waals surface area contributed by atoms with E-state index in [1.165, 1.54) is 193 Å². The number of hydrogen-bond acceptors (Lipinski definition) is 2. The van der Waals surface area contributed by atoms with Gasteiger partial charge in [-0.25, -0.2) is 0 Å². The third-order valence-electron chi connectivity index (χ3n) is 9.47. The van der Waals surface area contributed by atoms with Gasteiger partial charge in [0.15, 0.2) is 0 Å². The predicted octanol–water partition coefficient (Wildman–Crippen LogP) is 14.4. The van der Waals surface area contributed by atoms with Crippen molar-refractivity contribution in [2.24, 2.45) is 0 Å². The Kier molecular flexibility index (Phi) is 33.6. The topological polar surface area (TPSA) is 37.3 Å². The third kappa shape index (κ3) is 32.7. The van der Waals surface area contributed by atoms with Crippen LogP contribution in [-0.4, -0.2) is 15.8 Å². The van der Waals surface area contributed by atoms with Crippen molar-refractivity contribution in [3.05, 3.63) is 0 Å². The van der Waals surface area contributed by atoms with Gasteiger partial charge in [-0.05, 0) is 12.8 Å². The van der Waals surface area contributed by atoms with Gasteiger partial charge in [0.05, 0.1) is 6.42 Å². The fraction of sp³-hybridized carbons (Fsp3) is 0.974. The molecule has 0 bridgehead atoms. The van der Waals surface area contributed by atoms with Crippen LogP contribution in [0.4, 0.5) is 0 Å². The summed E-state index contributed by atoms with van der Waals surface area (Å²) in [5.41, 5.74) is 0. The molecule has 0 aromatic rings. The van der Waals surface area contributed by atoms with Gasteiger partial charge < -0.3 is 5.11 Å². The molecule has 0 radical (unpaired) electrons. The second kappa shape index (κ2) is 33.7. The summed E-state index contributed by atoms with van der Waals surface area (Å²) >= 11 is 4.93. The zero-order chi connectivity index (χ0) is 30.8. The molecular weight excluding hydrogens is 532 g/mol. The van der Waals surface area contributed by atoms with E-state index >= 15 is 0 Å².